The van der Waals surface area contributed by atoms with E-state index in [4.69, 9.17) is 18.6 Å². The Hall–Kier alpha value is -3.28. The van der Waals surface area contributed by atoms with Crippen molar-refractivity contribution in [3.8, 4) is 28.6 Å². The Labute approximate surface area is 143 Å². The number of methoxy groups -OCH3 is 3. The van der Waals surface area contributed by atoms with Crippen molar-refractivity contribution in [1.29, 1.82) is 0 Å². The number of carbonyl (C=O) groups excluding carboxylic acids is 1. The largest absolute Gasteiger partial charge is 0.497 e. The molecule has 6 nitrogen and oxygen atoms in total. The van der Waals surface area contributed by atoms with Crippen molar-refractivity contribution in [3.05, 3.63) is 52.2 Å². The van der Waals surface area contributed by atoms with E-state index in [-0.39, 0.29) is 5.43 Å². The maximum absolute atomic E-state index is 12.4. The molecule has 25 heavy (non-hydrogen) atoms. The molecule has 0 fully saturated rings. The van der Waals surface area contributed by atoms with Crippen LogP contribution in [0.1, 0.15) is 10.4 Å². The molecule has 128 valence electrons. The molecule has 0 atom stereocenters. The van der Waals surface area contributed by atoms with Crippen molar-refractivity contribution in [3.63, 3.8) is 0 Å². The van der Waals surface area contributed by atoms with E-state index in [1.165, 1.54) is 27.4 Å². The molecule has 2 aromatic carbocycles. The Balaban J connectivity index is 2.25. The highest BCUT2D eigenvalue weighted by atomic mass is 16.5. The molecule has 6 heteroatoms. The van der Waals surface area contributed by atoms with Gasteiger partial charge in [0, 0.05) is 17.7 Å². The SMILES string of the molecule is COc1ccc2c(=O)cc(-c3cc(OC)c(C=O)c(OC)c3)oc2c1. The van der Waals surface area contributed by atoms with Gasteiger partial charge >= 0.3 is 0 Å². The van der Waals surface area contributed by atoms with Gasteiger partial charge in [-0.15, -0.1) is 0 Å². The number of fused-ring (bicyclic) bond motifs is 1. The first kappa shape index (κ1) is 16.6. The minimum absolute atomic E-state index is 0.184. The van der Waals surface area contributed by atoms with Crippen LogP contribution < -0.4 is 19.6 Å². The zero-order valence-corrected chi connectivity index (χ0v) is 14.0. The van der Waals surface area contributed by atoms with Crippen molar-refractivity contribution in [2.45, 2.75) is 0 Å². The van der Waals surface area contributed by atoms with Crippen LogP contribution in [0.2, 0.25) is 0 Å². The molecule has 0 aliphatic heterocycles. The summed E-state index contributed by atoms with van der Waals surface area (Å²) >= 11 is 0. The van der Waals surface area contributed by atoms with Crippen LogP contribution in [0.5, 0.6) is 17.2 Å². The highest BCUT2D eigenvalue weighted by Gasteiger charge is 2.15. The molecular weight excluding hydrogens is 324 g/mol. The fraction of sp³-hybridized carbons (Fsp3) is 0.158. The van der Waals surface area contributed by atoms with Gasteiger partial charge in [0.15, 0.2) is 11.7 Å². The highest BCUT2D eigenvalue weighted by Crippen LogP contribution is 2.34. The van der Waals surface area contributed by atoms with E-state index in [1.54, 1.807) is 30.3 Å². The van der Waals surface area contributed by atoms with Crippen LogP contribution in [-0.2, 0) is 0 Å². The summed E-state index contributed by atoms with van der Waals surface area (Å²) in [6.45, 7) is 0. The monoisotopic (exact) mass is 340 g/mol. The first-order valence-corrected chi connectivity index (χ1v) is 7.44. The van der Waals surface area contributed by atoms with E-state index in [2.05, 4.69) is 0 Å². The molecule has 1 heterocycles. The van der Waals surface area contributed by atoms with Crippen LogP contribution >= 0.6 is 0 Å². The van der Waals surface area contributed by atoms with E-state index in [0.29, 0.717) is 51.4 Å². The number of hydrogen-bond acceptors (Lipinski definition) is 6. The van der Waals surface area contributed by atoms with Gasteiger partial charge in [0.1, 0.15) is 28.6 Å². The number of aldehydes is 1. The fourth-order valence-corrected chi connectivity index (χ4v) is 2.60. The van der Waals surface area contributed by atoms with Gasteiger partial charge in [0.05, 0.1) is 32.3 Å². The van der Waals surface area contributed by atoms with E-state index in [0.717, 1.165) is 0 Å². The van der Waals surface area contributed by atoms with Crippen LogP contribution in [0.4, 0.5) is 0 Å². The molecule has 3 rings (SSSR count). The zero-order valence-electron chi connectivity index (χ0n) is 14.0. The number of rotatable bonds is 5. The van der Waals surface area contributed by atoms with Gasteiger partial charge in [-0.1, -0.05) is 0 Å². The van der Waals surface area contributed by atoms with Crippen molar-refractivity contribution < 1.29 is 23.4 Å². The van der Waals surface area contributed by atoms with E-state index >= 15 is 0 Å². The Morgan fingerprint density at radius 3 is 2.16 bits per heavy atom. The van der Waals surface area contributed by atoms with E-state index in [9.17, 15) is 9.59 Å². The van der Waals surface area contributed by atoms with Crippen LogP contribution in [0.15, 0.2) is 45.6 Å². The maximum Gasteiger partial charge on any atom is 0.193 e. The molecule has 0 aliphatic rings. The molecular formula is C19H16O6. The van der Waals surface area contributed by atoms with Crippen LogP contribution in [0.25, 0.3) is 22.3 Å². The Morgan fingerprint density at radius 2 is 1.60 bits per heavy atom. The van der Waals surface area contributed by atoms with Gasteiger partial charge < -0.3 is 18.6 Å². The second-order valence-corrected chi connectivity index (χ2v) is 5.25. The number of hydrogen-bond donors (Lipinski definition) is 0. The molecule has 0 bridgehead atoms. The van der Waals surface area contributed by atoms with Crippen LogP contribution in [0, 0.1) is 0 Å². The molecule has 0 saturated carbocycles. The summed E-state index contributed by atoms with van der Waals surface area (Å²) in [6.07, 6.45) is 0.656. The van der Waals surface area contributed by atoms with Gasteiger partial charge in [0.2, 0.25) is 0 Å². The minimum atomic E-state index is -0.184. The van der Waals surface area contributed by atoms with Gasteiger partial charge in [-0.25, -0.2) is 0 Å². The summed E-state index contributed by atoms with van der Waals surface area (Å²) in [7, 11) is 4.44. The lowest BCUT2D eigenvalue weighted by Gasteiger charge is -2.12. The van der Waals surface area contributed by atoms with Gasteiger partial charge in [-0.3, -0.25) is 9.59 Å². The molecule has 0 amide bonds. The summed E-state index contributed by atoms with van der Waals surface area (Å²) in [5, 5.41) is 0.452. The van der Waals surface area contributed by atoms with Crippen molar-refractivity contribution in [1.82, 2.24) is 0 Å². The molecule has 0 saturated heterocycles. The van der Waals surface area contributed by atoms with E-state index < -0.39 is 0 Å². The molecule has 0 unspecified atom stereocenters. The lowest BCUT2D eigenvalue weighted by Crippen LogP contribution is -2.01. The predicted molar refractivity (Wildman–Crippen MR) is 93.0 cm³/mol. The highest BCUT2D eigenvalue weighted by molar-refractivity contribution is 5.87. The third-order valence-corrected chi connectivity index (χ3v) is 3.88. The van der Waals surface area contributed by atoms with E-state index in [1.807, 2.05) is 0 Å². The molecule has 0 N–H and O–H groups in total. The average molecular weight is 340 g/mol. The molecule has 1 aromatic heterocycles. The first-order valence-electron chi connectivity index (χ1n) is 7.44. The third-order valence-electron chi connectivity index (χ3n) is 3.88. The minimum Gasteiger partial charge on any atom is -0.497 e. The fourth-order valence-electron chi connectivity index (χ4n) is 2.60. The summed E-state index contributed by atoms with van der Waals surface area (Å²) in [6, 6.07) is 9.63. The number of carbonyl (C=O) groups is 1. The summed E-state index contributed by atoms with van der Waals surface area (Å²) in [5.74, 6) is 1.58. The maximum atomic E-state index is 12.4. The van der Waals surface area contributed by atoms with Gasteiger partial charge in [-0.05, 0) is 24.3 Å². The molecule has 0 spiro atoms. The zero-order chi connectivity index (χ0) is 18.0. The summed E-state index contributed by atoms with van der Waals surface area (Å²) in [5.41, 5.74) is 1.07. The lowest BCUT2D eigenvalue weighted by molar-refractivity contribution is 0.111. The lowest BCUT2D eigenvalue weighted by atomic mass is 10.1. The Morgan fingerprint density at radius 1 is 0.920 bits per heavy atom. The first-order chi connectivity index (χ1) is 12.1. The third kappa shape index (κ3) is 2.94. The van der Waals surface area contributed by atoms with Crippen molar-refractivity contribution in [2.75, 3.05) is 21.3 Å². The standard InChI is InChI=1S/C19H16O6/c1-22-12-4-5-13-15(21)9-16(25-19(13)8-12)11-6-17(23-2)14(10-20)18(7-11)24-3/h4-10H,1-3H3. The van der Waals surface area contributed by atoms with Crippen LogP contribution in [0.3, 0.4) is 0 Å². The Kier molecular flexibility index (Phi) is 4.43. The number of ether oxygens (including phenoxy) is 3. The summed E-state index contributed by atoms with van der Waals surface area (Å²) < 4.78 is 21.5. The normalized spacial score (nSPS) is 10.5. The summed E-state index contributed by atoms with van der Waals surface area (Å²) in [4.78, 5) is 23.7. The Bertz CT molecular complexity index is 977. The van der Waals surface area contributed by atoms with Gasteiger partial charge in [0.25, 0.3) is 0 Å². The predicted octanol–water partition coefficient (Wildman–Crippen LogP) is 3.30. The van der Waals surface area contributed by atoms with Crippen LogP contribution in [-0.4, -0.2) is 27.6 Å². The van der Waals surface area contributed by atoms with Gasteiger partial charge in [-0.2, -0.15) is 0 Å². The topological polar surface area (TPSA) is 75.0 Å². The molecule has 0 aliphatic carbocycles. The second kappa shape index (κ2) is 6.68. The molecule has 3 aromatic rings. The van der Waals surface area contributed by atoms with Crippen molar-refractivity contribution >= 4 is 17.3 Å². The smallest absolute Gasteiger partial charge is 0.193 e. The average Bonchev–Trinajstić information content (AvgIpc) is 2.65. The van der Waals surface area contributed by atoms with Crippen molar-refractivity contribution in [2.24, 2.45) is 0 Å². The number of benzene rings is 2. The molecule has 0 radical (unpaired) electrons. The second-order valence-electron chi connectivity index (χ2n) is 5.25. The quantitative estimate of drug-likeness (QED) is 0.664.